The van der Waals surface area contributed by atoms with Crippen molar-refractivity contribution in [3.63, 3.8) is 0 Å². The van der Waals surface area contributed by atoms with Gasteiger partial charge >= 0.3 is 5.97 Å². The minimum Gasteiger partial charge on any atom is -0.464 e. The molecule has 0 bridgehead atoms. The highest BCUT2D eigenvalue weighted by Crippen LogP contribution is 1.91. The number of ether oxygens (including phenoxy) is 1. The average Bonchev–Trinajstić information content (AvgIpc) is 2.13. The van der Waals surface area contributed by atoms with Crippen LogP contribution >= 0.6 is 12.6 Å². The van der Waals surface area contributed by atoms with Gasteiger partial charge in [-0.15, -0.1) is 0 Å². The van der Waals surface area contributed by atoms with Gasteiger partial charge in [-0.1, -0.05) is 13.8 Å². The summed E-state index contributed by atoms with van der Waals surface area (Å²) >= 11 is 3.95. The molecule has 0 atom stereocenters. The summed E-state index contributed by atoms with van der Waals surface area (Å²) in [5, 5.41) is 0. The number of esters is 1. The van der Waals surface area contributed by atoms with Crippen molar-refractivity contribution in [2.45, 2.75) is 20.3 Å². The number of thiol groups is 1. The fourth-order valence-corrected chi connectivity index (χ4v) is 1.17. The number of hydrogen-bond donors (Lipinski definition) is 1. The van der Waals surface area contributed by atoms with Gasteiger partial charge in [-0.2, -0.15) is 12.6 Å². The Balaban J connectivity index is 3.37. The largest absolute Gasteiger partial charge is 0.464 e. The first-order valence-electron chi connectivity index (χ1n) is 4.73. The summed E-state index contributed by atoms with van der Waals surface area (Å²) in [6.45, 7) is 7.51. The lowest BCUT2D eigenvalue weighted by Crippen LogP contribution is -2.27. The standard InChI is InChI=1S/C9H19NO2S/c1-3-10(4-2)6-7-12-9(11)5-8-13/h13H,3-8H2,1-2H3. The van der Waals surface area contributed by atoms with E-state index in [2.05, 4.69) is 31.4 Å². The Morgan fingerprint density at radius 3 is 2.46 bits per heavy atom. The van der Waals surface area contributed by atoms with Crippen LogP contribution in [0.4, 0.5) is 0 Å². The lowest BCUT2D eigenvalue weighted by atomic mass is 10.5. The number of likely N-dealkylation sites (N-methyl/N-ethyl adjacent to an activating group) is 1. The first-order chi connectivity index (χ1) is 6.24. The molecule has 3 nitrogen and oxygen atoms in total. The molecule has 0 N–H and O–H groups in total. The van der Waals surface area contributed by atoms with Crippen molar-refractivity contribution >= 4 is 18.6 Å². The average molecular weight is 205 g/mol. The molecule has 78 valence electrons. The molecule has 0 saturated heterocycles. The van der Waals surface area contributed by atoms with Crippen molar-refractivity contribution in [1.29, 1.82) is 0 Å². The van der Waals surface area contributed by atoms with Crippen LogP contribution in [0.1, 0.15) is 20.3 Å². The van der Waals surface area contributed by atoms with Crippen LogP contribution in [0.2, 0.25) is 0 Å². The molecule has 0 radical (unpaired) electrons. The molecule has 0 aliphatic carbocycles. The fraction of sp³-hybridized carbons (Fsp3) is 0.889. The van der Waals surface area contributed by atoms with Crippen LogP contribution < -0.4 is 0 Å². The molecule has 0 aromatic carbocycles. The maximum absolute atomic E-state index is 10.9. The molecule has 0 aromatic rings. The minimum atomic E-state index is -0.151. The second-order valence-electron chi connectivity index (χ2n) is 2.72. The monoisotopic (exact) mass is 205 g/mol. The molecule has 13 heavy (non-hydrogen) atoms. The van der Waals surface area contributed by atoms with Gasteiger partial charge in [0.2, 0.25) is 0 Å². The van der Waals surface area contributed by atoms with E-state index >= 15 is 0 Å². The van der Waals surface area contributed by atoms with Gasteiger partial charge in [-0.05, 0) is 13.1 Å². The Labute approximate surface area is 85.8 Å². The molecule has 0 spiro atoms. The Morgan fingerprint density at radius 1 is 1.38 bits per heavy atom. The van der Waals surface area contributed by atoms with Gasteiger partial charge in [0.05, 0.1) is 6.42 Å². The number of carbonyl (C=O) groups is 1. The van der Waals surface area contributed by atoms with E-state index in [1.54, 1.807) is 0 Å². The van der Waals surface area contributed by atoms with Gasteiger partial charge in [-0.3, -0.25) is 4.79 Å². The van der Waals surface area contributed by atoms with Crippen molar-refractivity contribution in [2.24, 2.45) is 0 Å². The van der Waals surface area contributed by atoms with E-state index in [1.807, 2.05) is 0 Å². The molecule has 0 rings (SSSR count). The SMILES string of the molecule is CCN(CC)CCOC(=O)CCS. The lowest BCUT2D eigenvalue weighted by molar-refractivity contribution is -0.143. The maximum atomic E-state index is 10.9. The van der Waals surface area contributed by atoms with Crippen LogP contribution in [0.25, 0.3) is 0 Å². The Bertz CT molecular complexity index is 138. The zero-order valence-corrected chi connectivity index (χ0v) is 9.35. The van der Waals surface area contributed by atoms with Crippen LogP contribution in [0.5, 0.6) is 0 Å². The third kappa shape index (κ3) is 6.90. The second kappa shape index (κ2) is 8.38. The molecule has 0 saturated carbocycles. The molecule has 0 aliphatic heterocycles. The molecule has 0 fully saturated rings. The van der Waals surface area contributed by atoms with Crippen LogP contribution in [0, 0.1) is 0 Å². The zero-order chi connectivity index (χ0) is 10.1. The third-order valence-electron chi connectivity index (χ3n) is 1.88. The normalized spacial score (nSPS) is 10.5. The van der Waals surface area contributed by atoms with Gasteiger partial charge < -0.3 is 9.64 Å². The summed E-state index contributed by atoms with van der Waals surface area (Å²) in [5.74, 6) is 0.409. The minimum absolute atomic E-state index is 0.151. The topological polar surface area (TPSA) is 29.5 Å². The first kappa shape index (κ1) is 12.8. The Morgan fingerprint density at radius 2 is 2.00 bits per heavy atom. The Kier molecular flexibility index (Phi) is 8.24. The summed E-state index contributed by atoms with van der Waals surface area (Å²) in [6.07, 6.45) is 0.404. The highest BCUT2D eigenvalue weighted by atomic mass is 32.1. The van der Waals surface area contributed by atoms with Crippen molar-refractivity contribution in [3.8, 4) is 0 Å². The summed E-state index contributed by atoms with van der Waals surface area (Å²) in [7, 11) is 0. The molecule has 0 aromatic heterocycles. The van der Waals surface area contributed by atoms with Crippen LogP contribution in [-0.4, -0.2) is 42.9 Å². The maximum Gasteiger partial charge on any atom is 0.306 e. The van der Waals surface area contributed by atoms with E-state index in [0.29, 0.717) is 18.8 Å². The molecule has 0 unspecified atom stereocenters. The summed E-state index contributed by atoms with van der Waals surface area (Å²) < 4.78 is 4.99. The number of carbonyl (C=O) groups excluding carboxylic acids is 1. The van der Waals surface area contributed by atoms with Crippen LogP contribution in [-0.2, 0) is 9.53 Å². The third-order valence-corrected chi connectivity index (χ3v) is 2.10. The van der Waals surface area contributed by atoms with Crippen molar-refractivity contribution < 1.29 is 9.53 Å². The summed E-state index contributed by atoms with van der Waals surface area (Å²) in [6, 6.07) is 0. The van der Waals surface area contributed by atoms with Gasteiger partial charge in [0.15, 0.2) is 0 Å². The van der Waals surface area contributed by atoms with E-state index in [1.165, 1.54) is 0 Å². The van der Waals surface area contributed by atoms with E-state index in [4.69, 9.17) is 4.74 Å². The number of nitrogens with zero attached hydrogens (tertiary/aromatic N) is 1. The van der Waals surface area contributed by atoms with Gasteiger partial charge in [0, 0.05) is 12.3 Å². The van der Waals surface area contributed by atoms with E-state index in [-0.39, 0.29) is 5.97 Å². The van der Waals surface area contributed by atoms with E-state index in [9.17, 15) is 4.79 Å². The molecule has 4 heteroatoms. The number of hydrogen-bond acceptors (Lipinski definition) is 4. The lowest BCUT2D eigenvalue weighted by Gasteiger charge is -2.17. The molecule has 0 aliphatic rings. The smallest absolute Gasteiger partial charge is 0.306 e. The molecular formula is C9H19NO2S. The zero-order valence-electron chi connectivity index (χ0n) is 8.45. The predicted octanol–water partition coefficient (Wildman–Crippen LogP) is 1.19. The first-order valence-corrected chi connectivity index (χ1v) is 5.36. The summed E-state index contributed by atoms with van der Waals surface area (Å²) in [5.41, 5.74) is 0. The summed E-state index contributed by atoms with van der Waals surface area (Å²) in [4.78, 5) is 13.1. The van der Waals surface area contributed by atoms with Crippen LogP contribution in [0.15, 0.2) is 0 Å². The molecule has 0 amide bonds. The highest BCUT2D eigenvalue weighted by molar-refractivity contribution is 7.80. The van der Waals surface area contributed by atoms with Gasteiger partial charge in [0.25, 0.3) is 0 Å². The van der Waals surface area contributed by atoms with Crippen LogP contribution in [0.3, 0.4) is 0 Å². The highest BCUT2D eigenvalue weighted by Gasteiger charge is 2.02. The van der Waals surface area contributed by atoms with E-state index in [0.717, 1.165) is 19.6 Å². The molecular weight excluding hydrogens is 186 g/mol. The fourth-order valence-electron chi connectivity index (χ4n) is 0.992. The second-order valence-corrected chi connectivity index (χ2v) is 3.17. The van der Waals surface area contributed by atoms with Gasteiger partial charge in [-0.25, -0.2) is 0 Å². The quantitative estimate of drug-likeness (QED) is 0.500. The number of rotatable bonds is 7. The van der Waals surface area contributed by atoms with Crippen molar-refractivity contribution in [1.82, 2.24) is 4.90 Å². The van der Waals surface area contributed by atoms with Crippen molar-refractivity contribution in [3.05, 3.63) is 0 Å². The van der Waals surface area contributed by atoms with Crippen molar-refractivity contribution in [2.75, 3.05) is 32.0 Å². The molecule has 0 heterocycles. The van der Waals surface area contributed by atoms with Gasteiger partial charge in [0.1, 0.15) is 6.61 Å². The Hall–Kier alpha value is -0.220. The van der Waals surface area contributed by atoms with E-state index < -0.39 is 0 Å². The predicted molar refractivity (Wildman–Crippen MR) is 57.2 cm³/mol.